The number of amides is 3. The van der Waals surface area contributed by atoms with Gasteiger partial charge in [-0.3, -0.25) is 9.78 Å². The first kappa shape index (κ1) is 19.0. The number of aromatic nitrogens is 1. The zero-order chi connectivity index (χ0) is 19.9. The molecule has 0 aliphatic carbocycles. The Bertz CT molecular complexity index is 993. The highest BCUT2D eigenvalue weighted by Crippen LogP contribution is 2.17. The van der Waals surface area contributed by atoms with Crippen LogP contribution < -0.4 is 16.0 Å². The van der Waals surface area contributed by atoms with Crippen molar-refractivity contribution in [3.63, 3.8) is 0 Å². The van der Waals surface area contributed by atoms with E-state index < -0.39 is 11.7 Å². The van der Waals surface area contributed by atoms with Crippen LogP contribution in [-0.2, 0) is 6.54 Å². The molecule has 1 aromatic heterocycles. The second-order valence-electron chi connectivity index (χ2n) is 6.16. The van der Waals surface area contributed by atoms with E-state index in [1.165, 1.54) is 6.07 Å². The van der Waals surface area contributed by atoms with Gasteiger partial charge in [0.25, 0.3) is 5.91 Å². The van der Waals surface area contributed by atoms with Crippen molar-refractivity contribution in [2.75, 3.05) is 10.6 Å². The van der Waals surface area contributed by atoms with Gasteiger partial charge in [-0.1, -0.05) is 12.1 Å². The summed E-state index contributed by atoms with van der Waals surface area (Å²) < 4.78 is 13.6. The van der Waals surface area contributed by atoms with Crippen LogP contribution in [0.3, 0.4) is 0 Å². The number of pyridine rings is 1. The number of rotatable bonds is 5. The van der Waals surface area contributed by atoms with Gasteiger partial charge in [0, 0.05) is 35.9 Å². The molecule has 3 amide bonds. The Balaban J connectivity index is 1.59. The Hall–Kier alpha value is -3.74. The summed E-state index contributed by atoms with van der Waals surface area (Å²) in [5, 5.41) is 8.14. The van der Waals surface area contributed by atoms with E-state index in [4.69, 9.17) is 0 Å². The highest BCUT2D eigenvalue weighted by atomic mass is 19.1. The average Bonchev–Trinajstić information content (AvgIpc) is 2.69. The smallest absolute Gasteiger partial charge is 0.319 e. The van der Waals surface area contributed by atoms with E-state index in [-0.39, 0.29) is 11.6 Å². The van der Waals surface area contributed by atoms with Crippen LogP contribution in [0.5, 0.6) is 0 Å². The minimum Gasteiger partial charge on any atom is -0.334 e. The summed E-state index contributed by atoms with van der Waals surface area (Å²) in [6.07, 6.45) is 3.31. The monoisotopic (exact) mass is 378 g/mol. The van der Waals surface area contributed by atoms with Crippen molar-refractivity contribution >= 4 is 23.3 Å². The summed E-state index contributed by atoms with van der Waals surface area (Å²) in [5.74, 6) is -0.868. The molecule has 0 radical (unpaired) electrons. The highest BCUT2D eigenvalue weighted by molar-refractivity contribution is 6.04. The van der Waals surface area contributed by atoms with Gasteiger partial charge in [0.2, 0.25) is 0 Å². The largest absolute Gasteiger partial charge is 0.334 e. The minimum atomic E-state index is -0.436. The average molecular weight is 378 g/mol. The van der Waals surface area contributed by atoms with Crippen molar-refractivity contribution in [2.24, 2.45) is 0 Å². The molecule has 0 fully saturated rings. The number of carbonyl (C=O) groups excluding carboxylic acids is 2. The molecule has 1 heterocycles. The lowest BCUT2D eigenvalue weighted by atomic mass is 10.1. The van der Waals surface area contributed by atoms with Crippen molar-refractivity contribution in [1.29, 1.82) is 0 Å². The van der Waals surface area contributed by atoms with Crippen LogP contribution in [-0.4, -0.2) is 16.9 Å². The Morgan fingerprint density at radius 2 is 1.68 bits per heavy atom. The second kappa shape index (κ2) is 8.77. The SMILES string of the molecule is Cc1ccc(C(=O)Nc2cccc(NC(=O)NCc3ccncc3)c2)cc1F. The number of hydrogen-bond donors (Lipinski definition) is 3. The maximum atomic E-state index is 13.6. The number of anilines is 2. The molecule has 7 heteroatoms. The number of aryl methyl sites for hydroxylation is 1. The van der Waals surface area contributed by atoms with E-state index in [2.05, 4.69) is 20.9 Å². The molecule has 6 nitrogen and oxygen atoms in total. The topological polar surface area (TPSA) is 83.1 Å². The third-order valence-electron chi connectivity index (χ3n) is 4.01. The molecule has 0 atom stereocenters. The van der Waals surface area contributed by atoms with Gasteiger partial charge in [-0.2, -0.15) is 0 Å². The molecule has 28 heavy (non-hydrogen) atoms. The van der Waals surface area contributed by atoms with Gasteiger partial charge in [0.1, 0.15) is 5.82 Å². The summed E-state index contributed by atoms with van der Waals surface area (Å²) in [5.41, 5.74) is 2.62. The summed E-state index contributed by atoms with van der Waals surface area (Å²) in [6.45, 7) is 2.00. The maximum absolute atomic E-state index is 13.6. The van der Waals surface area contributed by atoms with Gasteiger partial charge >= 0.3 is 6.03 Å². The Labute approximate surface area is 161 Å². The molecular formula is C21H19FN4O2. The van der Waals surface area contributed by atoms with E-state index in [0.717, 1.165) is 5.56 Å². The molecule has 3 aromatic rings. The molecule has 0 spiro atoms. The van der Waals surface area contributed by atoms with E-state index >= 15 is 0 Å². The molecule has 0 aliphatic heterocycles. The van der Waals surface area contributed by atoms with Crippen molar-refractivity contribution in [3.05, 3.63) is 89.5 Å². The lowest BCUT2D eigenvalue weighted by molar-refractivity contribution is 0.102. The lowest BCUT2D eigenvalue weighted by Crippen LogP contribution is -2.28. The molecule has 3 rings (SSSR count). The number of benzene rings is 2. The standard InChI is InChI=1S/C21H19FN4O2/c1-14-5-6-16(11-19(14)22)20(27)25-17-3-2-4-18(12-17)26-21(28)24-13-15-7-9-23-10-8-15/h2-12H,13H2,1H3,(H,25,27)(H2,24,26,28). The Morgan fingerprint density at radius 3 is 2.39 bits per heavy atom. The van der Waals surface area contributed by atoms with Crippen molar-refractivity contribution in [1.82, 2.24) is 10.3 Å². The van der Waals surface area contributed by atoms with Gasteiger partial charge in [-0.05, 0) is 60.5 Å². The Kier molecular flexibility index (Phi) is 5.96. The molecular weight excluding hydrogens is 359 g/mol. The van der Waals surface area contributed by atoms with Crippen LogP contribution >= 0.6 is 0 Å². The first-order valence-corrected chi connectivity index (χ1v) is 8.62. The maximum Gasteiger partial charge on any atom is 0.319 e. The van der Waals surface area contributed by atoms with Crippen LogP contribution in [0.15, 0.2) is 67.0 Å². The predicted molar refractivity (Wildman–Crippen MR) is 106 cm³/mol. The highest BCUT2D eigenvalue weighted by Gasteiger charge is 2.09. The first-order valence-electron chi connectivity index (χ1n) is 8.62. The van der Waals surface area contributed by atoms with Crippen LogP contribution in [0.25, 0.3) is 0 Å². The van der Waals surface area contributed by atoms with Gasteiger partial charge in [-0.25, -0.2) is 9.18 Å². The number of nitrogens with one attached hydrogen (secondary N) is 3. The quantitative estimate of drug-likeness (QED) is 0.625. The zero-order valence-corrected chi connectivity index (χ0v) is 15.2. The van der Waals surface area contributed by atoms with Gasteiger partial charge in [-0.15, -0.1) is 0 Å². The Morgan fingerprint density at radius 1 is 0.964 bits per heavy atom. The van der Waals surface area contributed by atoms with Crippen LogP contribution in [0.2, 0.25) is 0 Å². The molecule has 142 valence electrons. The summed E-state index contributed by atoms with van der Waals surface area (Å²) >= 11 is 0. The molecule has 0 unspecified atom stereocenters. The first-order chi connectivity index (χ1) is 13.5. The fourth-order valence-electron chi connectivity index (χ4n) is 2.47. The molecule has 3 N–H and O–H groups in total. The number of hydrogen-bond acceptors (Lipinski definition) is 3. The predicted octanol–water partition coefficient (Wildman–Crippen LogP) is 4.10. The molecule has 0 saturated heterocycles. The minimum absolute atomic E-state index is 0.219. The van der Waals surface area contributed by atoms with Gasteiger partial charge in [0.15, 0.2) is 0 Å². The van der Waals surface area contributed by atoms with Crippen LogP contribution in [0.1, 0.15) is 21.5 Å². The fourth-order valence-corrected chi connectivity index (χ4v) is 2.47. The van der Waals surface area contributed by atoms with Crippen LogP contribution in [0, 0.1) is 12.7 Å². The van der Waals surface area contributed by atoms with Gasteiger partial charge < -0.3 is 16.0 Å². The van der Waals surface area contributed by atoms with Crippen LogP contribution in [0.4, 0.5) is 20.6 Å². The number of urea groups is 1. The third-order valence-corrected chi connectivity index (χ3v) is 4.01. The number of carbonyl (C=O) groups is 2. The number of halogens is 1. The van der Waals surface area contributed by atoms with E-state index in [9.17, 15) is 14.0 Å². The molecule has 0 aliphatic rings. The van der Waals surface area contributed by atoms with E-state index in [1.807, 2.05) is 12.1 Å². The van der Waals surface area contributed by atoms with E-state index in [1.54, 1.807) is 55.7 Å². The number of nitrogens with zero attached hydrogens (tertiary/aromatic N) is 1. The summed E-state index contributed by atoms with van der Waals surface area (Å²) in [4.78, 5) is 28.3. The zero-order valence-electron chi connectivity index (χ0n) is 15.2. The fraction of sp³-hybridized carbons (Fsp3) is 0.0952. The van der Waals surface area contributed by atoms with Crippen molar-refractivity contribution in [2.45, 2.75) is 13.5 Å². The summed E-state index contributed by atoms with van der Waals surface area (Å²) in [7, 11) is 0. The molecule has 0 saturated carbocycles. The lowest BCUT2D eigenvalue weighted by Gasteiger charge is -2.10. The second-order valence-corrected chi connectivity index (χ2v) is 6.16. The molecule has 2 aromatic carbocycles. The van der Waals surface area contributed by atoms with Crippen molar-refractivity contribution < 1.29 is 14.0 Å². The normalized spacial score (nSPS) is 10.2. The van der Waals surface area contributed by atoms with E-state index in [0.29, 0.717) is 23.5 Å². The van der Waals surface area contributed by atoms with Crippen molar-refractivity contribution in [3.8, 4) is 0 Å². The molecule has 0 bridgehead atoms. The summed E-state index contributed by atoms with van der Waals surface area (Å²) in [6, 6.07) is 14.3. The van der Waals surface area contributed by atoms with Gasteiger partial charge in [0.05, 0.1) is 0 Å². The third kappa shape index (κ3) is 5.14.